The van der Waals surface area contributed by atoms with Crippen molar-refractivity contribution in [3.05, 3.63) is 35.9 Å². The van der Waals surface area contributed by atoms with Crippen LogP contribution in [0.2, 0.25) is 0 Å². The number of amides is 1. The third kappa shape index (κ3) is 3.07. The Hall–Kier alpha value is -1.81. The summed E-state index contributed by atoms with van der Waals surface area (Å²) in [5.41, 5.74) is 6.82. The molecular weight excluding hydrogens is 216 g/mol. The zero-order valence-corrected chi connectivity index (χ0v) is 9.52. The molecule has 1 fully saturated rings. The Morgan fingerprint density at radius 1 is 1.53 bits per heavy atom. The summed E-state index contributed by atoms with van der Waals surface area (Å²) in [5.74, 6) is -0.182. The molecule has 0 aromatic heterocycles. The second-order valence-corrected chi connectivity index (χ2v) is 4.43. The molecule has 1 saturated carbocycles. The molecule has 1 aliphatic carbocycles. The van der Waals surface area contributed by atoms with E-state index in [0.29, 0.717) is 5.69 Å². The Balaban J connectivity index is 1.94. The van der Waals surface area contributed by atoms with Crippen molar-refractivity contribution in [2.24, 2.45) is 0 Å². The lowest BCUT2D eigenvalue weighted by molar-refractivity contribution is -0.117. The van der Waals surface area contributed by atoms with Crippen LogP contribution in [-0.2, 0) is 4.79 Å². The highest BCUT2D eigenvalue weighted by Gasteiger charge is 2.42. The second-order valence-electron chi connectivity index (χ2n) is 4.43. The number of aliphatic hydroxyl groups excluding tert-OH is 1. The first kappa shape index (κ1) is 11.7. The van der Waals surface area contributed by atoms with Crippen LogP contribution in [0.25, 0.3) is 6.08 Å². The number of benzene rings is 1. The van der Waals surface area contributed by atoms with Crippen molar-refractivity contribution in [3.8, 4) is 0 Å². The summed E-state index contributed by atoms with van der Waals surface area (Å²) in [6, 6.07) is 7.30. The molecule has 0 bridgehead atoms. The van der Waals surface area contributed by atoms with Gasteiger partial charge >= 0.3 is 0 Å². The van der Waals surface area contributed by atoms with Crippen LogP contribution in [0.4, 0.5) is 5.69 Å². The van der Waals surface area contributed by atoms with Gasteiger partial charge in [-0.2, -0.15) is 0 Å². The van der Waals surface area contributed by atoms with Crippen LogP contribution in [0, 0.1) is 0 Å². The van der Waals surface area contributed by atoms with E-state index in [4.69, 9.17) is 10.8 Å². The van der Waals surface area contributed by atoms with E-state index in [9.17, 15) is 4.79 Å². The zero-order valence-electron chi connectivity index (χ0n) is 9.52. The van der Waals surface area contributed by atoms with Crippen molar-refractivity contribution in [3.63, 3.8) is 0 Å². The lowest BCUT2D eigenvalue weighted by Crippen LogP contribution is -2.38. The maximum absolute atomic E-state index is 11.6. The minimum absolute atomic E-state index is 0.00483. The Kier molecular flexibility index (Phi) is 3.15. The fourth-order valence-corrected chi connectivity index (χ4v) is 1.61. The molecule has 90 valence electrons. The monoisotopic (exact) mass is 232 g/mol. The Bertz CT molecular complexity index is 450. The molecule has 0 aliphatic heterocycles. The smallest absolute Gasteiger partial charge is 0.244 e. The third-order valence-electron chi connectivity index (χ3n) is 2.88. The maximum Gasteiger partial charge on any atom is 0.244 e. The number of rotatable bonds is 4. The van der Waals surface area contributed by atoms with Gasteiger partial charge in [-0.05, 0) is 36.6 Å². The molecule has 0 saturated heterocycles. The molecule has 0 unspecified atom stereocenters. The van der Waals surface area contributed by atoms with Gasteiger partial charge in [-0.25, -0.2) is 0 Å². The molecule has 0 spiro atoms. The van der Waals surface area contributed by atoms with Gasteiger partial charge in [-0.1, -0.05) is 12.1 Å². The van der Waals surface area contributed by atoms with Crippen molar-refractivity contribution in [2.75, 3.05) is 12.3 Å². The summed E-state index contributed by atoms with van der Waals surface area (Å²) in [5, 5.41) is 11.9. The van der Waals surface area contributed by atoms with Crippen LogP contribution >= 0.6 is 0 Å². The van der Waals surface area contributed by atoms with E-state index in [0.717, 1.165) is 18.4 Å². The number of hydrogen-bond donors (Lipinski definition) is 3. The minimum atomic E-state index is -0.364. The average Bonchev–Trinajstić information content (AvgIpc) is 3.07. The summed E-state index contributed by atoms with van der Waals surface area (Å²) in [4.78, 5) is 11.6. The van der Waals surface area contributed by atoms with Crippen molar-refractivity contribution in [1.29, 1.82) is 0 Å². The first-order valence-corrected chi connectivity index (χ1v) is 5.60. The van der Waals surface area contributed by atoms with Gasteiger partial charge in [0.15, 0.2) is 0 Å². The fourth-order valence-electron chi connectivity index (χ4n) is 1.61. The molecule has 4 N–H and O–H groups in total. The van der Waals surface area contributed by atoms with Crippen LogP contribution in [-0.4, -0.2) is 23.2 Å². The van der Waals surface area contributed by atoms with Gasteiger partial charge in [-0.15, -0.1) is 0 Å². The quantitative estimate of drug-likeness (QED) is 0.534. The normalized spacial score (nSPS) is 17.0. The summed E-state index contributed by atoms with van der Waals surface area (Å²) in [6.45, 7) is 0.00483. The van der Waals surface area contributed by atoms with Crippen LogP contribution in [0.5, 0.6) is 0 Å². The average molecular weight is 232 g/mol. The molecule has 1 amide bonds. The number of carbonyl (C=O) groups is 1. The zero-order chi connectivity index (χ0) is 12.3. The Labute approximate surface area is 100 Å². The number of nitrogen functional groups attached to an aromatic ring is 1. The molecule has 4 heteroatoms. The third-order valence-corrected chi connectivity index (χ3v) is 2.88. The van der Waals surface area contributed by atoms with Crippen LogP contribution in [0.3, 0.4) is 0 Å². The van der Waals surface area contributed by atoms with Crippen LogP contribution < -0.4 is 11.1 Å². The number of carbonyl (C=O) groups excluding carboxylic acids is 1. The van der Waals surface area contributed by atoms with E-state index in [1.807, 2.05) is 12.1 Å². The van der Waals surface area contributed by atoms with Gasteiger partial charge < -0.3 is 16.2 Å². The molecule has 17 heavy (non-hydrogen) atoms. The summed E-state index contributed by atoms with van der Waals surface area (Å²) < 4.78 is 0. The highest BCUT2D eigenvalue weighted by molar-refractivity contribution is 5.92. The van der Waals surface area contributed by atoms with E-state index in [1.54, 1.807) is 18.2 Å². The predicted octanol–water partition coefficient (Wildman–Crippen LogP) is 0.923. The highest BCUT2D eigenvalue weighted by atomic mass is 16.3. The number of nitrogens with two attached hydrogens (primary N) is 1. The lowest BCUT2D eigenvalue weighted by atomic mass is 10.2. The van der Waals surface area contributed by atoms with Gasteiger partial charge in [0.25, 0.3) is 0 Å². The number of aliphatic hydroxyl groups is 1. The van der Waals surface area contributed by atoms with E-state index in [-0.39, 0.29) is 18.1 Å². The summed E-state index contributed by atoms with van der Waals surface area (Å²) in [7, 11) is 0. The first-order valence-electron chi connectivity index (χ1n) is 5.60. The van der Waals surface area contributed by atoms with Crippen LogP contribution in [0.1, 0.15) is 18.4 Å². The molecule has 1 aromatic carbocycles. The number of nitrogens with one attached hydrogen (secondary N) is 1. The van der Waals surface area contributed by atoms with E-state index < -0.39 is 0 Å². The van der Waals surface area contributed by atoms with E-state index in [1.165, 1.54) is 6.08 Å². The fraction of sp³-hybridized carbons (Fsp3) is 0.308. The molecule has 0 atom stereocenters. The van der Waals surface area contributed by atoms with Crippen molar-refractivity contribution in [1.82, 2.24) is 5.32 Å². The molecule has 0 heterocycles. The Morgan fingerprint density at radius 3 is 2.88 bits per heavy atom. The van der Waals surface area contributed by atoms with Crippen LogP contribution in [0.15, 0.2) is 30.3 Å². The standard InChI is InChI=1S/C13H16N2O2/c14-11-3-1-2-10(8-11)4-5-12(17)15-13(9-16)6-7-13/h1-5,8,16H,6-7,9,14H2,(H,15,17)/b5-4+. The molecule has 1 aliphatic rings. The second kappa shape index (κ2) is 4.59. The largest absolute Gasteiger partial charge is 0.399 e. The minimum Gasteiger partial charge on any atom is -0.399 e. The SMILES string of the molecule is Nc1cccc(/C=C/C(=O)NC2(CO)CC2)c1. The molecule has 1 aromatic rings. The molecular formula is C13H16N2O2. The molecule has 2 rings (SSSR count). The predicted molar refractivity (Wildman–Crippen MR) is 67.1 cm³/mol. The van der Waals surface area contributed by atoms with Crippen molar-refractivity contribution >= 4 is 17.7 Å². The first-order chi connectivity index (χ1) is 8.13. The van der Waals surface area contributed by atoms with Crippen molar-refractivity contribution in [2.45, 2.75) is 18.4 Å². The van der Waals surface area contributed by atoms with E-state index >= 15 is 0 Å². The Morgan fingerprint density at radius 2 is 2.29 bits per heavy atom. The summed E-state index contributed by atoms with van der Waals surface area (Å²) >= 11 is 0. The van der Waals surface area contributed by atoms with Gasteiger partial charge in [0, 0.05) is 11.8 Å². The molecule has 0 radical (unpaired) electrons. The van der Waals surface area contributed by atoms with Gasteiger partial charge in [0.2, 0.25) is 5.91 Å². The summed E-state index contributed by atoms with van der Waals surface area (Å²) in [6.07, 6.45) is 4.87. The lowest BCUT2D eigenvalue weighted by Gasteiger charge is -2.11. The topological polar surface area (TPSA) is 75.4 Å². The van der Waals surface area contributed by atoms with Gasteiger partial charge in [-0.3, -0.25) is 4.79 Å². The molecule has 4 nitrogen and oxygen atoms in total. The van der Waals surface area contributed by atoms with Crippen molar-refractivity contribution < 1.29 is 9.90 Å². The maximum atomic E-state index is 11.6. The van der Waals surface area contributed by atoms with E-state index in [2.05, 4.69) is 5.32 Å². The number of anilines is 1. The van der Waals surface area contributed by atoms with Gasteiger partial charge in [0.05, 0.1) is 12.1 Å². The number of hydrogen-bond acceptors (Lipinski definition) is 3. The highest BCUT2D eigenvalue weighted by Crippen LogP contribution is 2.34. The van der Waals surface area contributed by atoms with Gasteiger partial charge in [0.1, 0.15) is 0 Å².